The molecule has 0 bridgehead atoms. The van der Waals surface area contributed by atoms with Crippen molar-refractivity contribution in [3.8, 4) is 16.2 Å². The number of aromatic nitrogens is 2. The van der Waals surface area contributed by atoms with Gasteiger partial charge < -0.3 is 15.3 Å². The highest BCUT2D eigenvalue weighted by molar-refractivity contribution is 7.22. The topological polar surface area (TPSA) is 61.3 Å². The van der Waals surface area contributed by atoms with Gasteiger partial charge in [-0.3, -0.25) is 0 Å². The van der Waals surface area contributed by atoms with Gasteiger partial charge in [0.25, 0.3) is 0 Å². The van der Waals surface area contributed by atoms with E-state index in [0.717, 1.165) is 39.6 Å². The molecule has 0 radical (unpaired) electrons. The van der Waals surface area contributed by atoms with Crippen molar-refractivity contribution in [2.75, 3.05) is 5.32 Å². The van der Waals surface area contributed by atoms with Crippen LogP contribution in [0.15, 0.2) is 73.2 Å². The Morgan fingerprint density at radius 3 is 2.78 bits per heavy atom. The number of allylic oxidation sites excluding steroid dienone is 1. The maximum Gasteiger partial charge on any atom is 0.151 e. The van der Waals surface area contributed by atoms with Gasteiger partial charge in [0.05, 0.1) is 10.2 Å². The first-order valence-corrected chi connectivity index (χ1v) is 11.7. The molecule has 1 fully saturated rings. The second kappa shape index (κ2) is 8.63. The summed E-state index contributed by atoms with van der Waals surface area (Å²) < 4.78 is 0.994. The number of anilines is 2. The zero-order valence-corrected chi connectivity index (χ0v) is 18.9. The molecule has 1 aliphatic heterocycles. The number of nitrogens with zero attached hydrogens (tertiary/aromatic N) is 3. The number of phenolic OH excluding ortho intramolecular Hbond substituents is 1. The predicted octanol–water partition coefficient (Wildman–Crippen LogP) is 6.70. The van der Waals surface area contributed by atoms with Crippen LogP contribution in [0.25, 0.3) is 20.7 Å². The molecule has 1 atom stereocenters. The first-order valence-electron chi connectivity index (χ1n) is 10.9. The van der Waals surface area contributed by atoms with Crippen LogP contribution in [-0.2, 0) is 6.54 Å². The van der Waals surface area contributed by atoms with Gasteiger partial charge in [-0.1, -0.05) is 36.9 Å². The SMILES string of the molecule is C=C1CCC[C@@H](C)N1Cc1ccc(-c2cc3ncnc(Nc4cccc(O)c4)c3s2)cc1. The van der Waals surface area contributed by atoms with E-state index in [-0.39, 0.29) is 5.75 Å². The molecule has 4 aromatic rings. The van der Waals surface area contributed by atoms with Gasteiger partial charge in [0.1, 0.15) is 12.1 Å². The van der Waals surface area contributed by atoms with Gasteiger partial charge >= 0.3 is 0 Å². The zero-order valence-electron chi connectivity index (χ0n) is 18.1. The van der Waals surface area contributed by atoms with Crippen LogP contribution in [0.2, 0.25) is 0 Å². The Morgan fingerprint density at radius 2 is 2.00 bits per heavy atom. The first-order chi connectivity index (χ1) is 15.6. The zero-order chi connectivity index (χ0) is 22.1. The summed E-state index contributed by atoms with van der Waals surface area (Å²) in [6, 6.07) is 18.5. The number of rotatable bonds is 5. The number of piperidine rings is 1. The van der Waals surface area contributed by atoms with Crippen LogP contribution in [0, 0.1) is 0 Å². The van der Waals surface area contributed by atoms with Crippen molar-refractivity contribution in [1.82, 2.24) is 14.9 Å². The number of aromatic hydroxyl groups is 1. The lowest BCUT2D eigenvalue weighted by atomic mass is 10.00. The van der Waals surface area contributed by atoms with Gasteiger partial charge in [0, 0.05) is 34.9 Å². The molecule has 0 amide bonds. The summed E-state index contributed by atoms with van der Waals surface area (Å²) in [4.78, 5) is 12.5. The van der Waals surface area contributed by atoms with Crippen molar-refractivity contribution in [2.24, 2.45) is 0 Å². The van der Waals surface area contributed by atoms with E-state index < -0.39 is 0 Å². The Bertz CT molecular complexity index is 1260. The van der Waals surface area contributed by atoms with Gasteiger partial charge in [-0.25, -0.2) is 9.97 Å². The van der Waals surface area contributed by atoms with Crippen molar-refractivity contribution >= 4 is 33.1 Å². The molecule has 3 heterocycles. The summed E-state index contributed by atoms with van der Waals surface area (Å²) in [5.74, 6) is 0.959. The quantitative estimate of drug-likeness (QED) is 0.360. The number of hydrogen-bond acceptors (Lipinski definition) is 6. The normalized spacial score (nSPS) is 16.5. The van der Waals surface area contributed by atoms with Crippen LogP contribution in [0.5, 0.6) is 5.75 Å². The third kappa shape index (κ3) is 4.18. The fourth-order valence-electron chi connectivity index (χ4n) is 4.26. The molecule has 162 valence electrons. The Labute approximate surface area is 192 Å². The standard InChI is InChI=1S/C26H26N4OS/c1-17-5-3-6-18(2)30(17)15-19-9-11-20(12-10-19)24-14-23-25(32-24)26(28-16-27-23)29-21-7-4-8-22(31)13-21/h4,7-14,16,18,31H,1,3,5-6,15H2,2H3,(H,27,28,29)/t18-/m1/s1. The van der Waals surface area contributed by atoms with Gasteiger partial charge in [-0.2, -0.15) is 0 Å². The molecule has 6 heteroatoms. The summed E-state index contributed by atoms with van der Waals surface area (Å²) in [7, 11) is 0. The van der Waals surface area contributed by atoms with Crippen LogP contribution in [0.4, 0.5) is 11.5 Å². The Hall–Kier alpha value is -3.38. The second-order valence-electron chi connectivity index (χ2n) is 8.35. The number of phenols is 1. The van der Waals surface area contributed by atoms with E-state index in [1.807, 2.05) is 6.07 Å². The number of likely N-dealkylation sites (tertiary alicyclic amines) is 1. The molecule has 0 aliphatic carbocycles. The van der Waals surface area contributed by atoms with Gasteiger partial charge in [0.2, 0.25) is 0 Å². The molecule has 32 heavy (non-hydrogen) atoms. The fourth-order valence-corrected chi connectivity index (χ4v) is 5.32. The summed E-state index contributed by atoms with van der Waals surface area (Å²) in [5.41, 5.74) is 5.42. The predicted molar refractivity (Wildman–Crippen MR) is 132 cm³/mol. The number of thiophene rings is 1. The fraction of sp³-hybridized carbons (Fsp3) is 0.231. The summed E-state index contributed by atoms with van der Waals surface area (Å²) in [5, 5.41) is 13.0. The molecule has 2 aromatic heterocycles. The van der Waals surface area contributed by atoms with E-state index in [0.29, 0.717) is 6.04 Å². The molecule has 0 spiro atoms. The average Bonchev–Trinajstić information content (AvgIpc) is 3.22. The molecule has 5 nitrogen and oxygen atoms in total. The van der Waals surface area contributed by atoms with Gasteiger partial charge in [-0.15, -0.1) is 11.3 Å². The molecule has 1 aliphatic rings. The van der Waals surface area contributed by atoms with Crippen molar-refractivity contribution in [2.45, 2.75) is 38.8 Å². The molecule has 1 saturated heterocycles. The second-order valence-corrected chi connectivity index (χ2v) is 9.41. The largest absolute Gasteiger partial charge is 0.508 e. The van der Waals surface area contributed by atoms with E-state index in [4.69, 9.17) is 0 Å². The van der Waals surface area contributed by atoms with Crippen LogP contribution in [0.1, 0.15) is 31.7 Å². The Balaban J connectivity index is 1.38. The highest BCUT2D eigenvalue weighted by atomic mass is 32.1. The van der Waals surface area contributed by atoms with Crippen molar-refractivity contribution < 1.29 is 5.11 Å². The average molecular weight is 443 g/mol. The van der Waals surface area contributed by atoms with E-state index in [1.165, 1.54) is 29.7 Å². The van der Waals surface area contributed by atoms with Crippen LogP contribution >= 0.6 is 11.3 Å². The van der Waals surface area contributed by atoms with E-state index in [1.54, 1.807) is 35.9 Å². The molecule has 2 N–H and O–H groups in total. The summed E-state index contributed by atoms with van der Waals surface area (Å²) in [6.45, 7) is 7.47. The van der Waals surface area contributed by atoms with Gasteiger partial charge in [-0.05, 0) is 55.5 Å². The first kappa shape index (κ1) is 20.5. The number of hydrogen-bond donors (Lipinski definition) is 2. The molecular weight excluding hydrogens is 416 g/mol. The maximum atomic E-state index is 9.73. The summed E-state index contributed by atoms with van der Waals surface area (Å²) in [6.07, 6.45) is 5.15. The lowest BCUT2D eigenvalue weighted by molar-refractivity contribution is 0.207. The third-order valence-electron chi connectivity index (χ3n) is 6.04. The van der Waals surface area contributed by atoms with Crippen LogP contribution in [0.3, 0.4) is 0 Å². The van der Waals surface area contributed by atoms with E-state index >= 15 is 0 Å². The van der Waals surface area contributed by atoms with Gasteiger partial charge in [0.15, 0.2) is 5.82 Å². The van der Waals surface area contributed by atoms with Crippen molar-refractivity contribution in [3.63, 3.8) is 0 Å². The number of nitrogens with one attached hydrogen (secondary N) is 1. The molecule has 2 aromatic carbocycles. The smallest absolute Gasteiger partial charge is 0.151 e. The van der Waals surface area contributed by atoms with E-state index in [2.05, 4.69) is 64.0 Å². The highest BCUT2D eigenvalue weighted by Gasteiger charge is 2.20. The number of benzene rings is 2. The Kier molecular flexibility index (Phi) is 5.53. The minimum atomic E-state index is 0.217. The van der Waals surface area contributed by atoms with Crippen LogP contribution < -0.4 is 5.32 Å². The summed E-state index contributed by atoms with van der Waals surface area (Å²) >= 11 is 1.67. The van der Waals surface area contributed by atoms with Crippen molar-refractivity contribution in [3.05, 3.63) is 78.8 Å². The molecule has 0 saturated carbocycles. The van der Waals surface area contributed by atoms with Crippen LogP contribution in [-0.4, -0.2) is 26.0 Å². The Morgan fingerprint density at radius 1 is 1.16 bits per heavy atom. The third-order valence-corrected chi connectivity index (χ3v) is 7.22. The minimum absolute atomic E-state index is 0.217. The lowest BCUT2D eigenvalue weighted by Gasteiger charge is -2.37. The molecule has 5 rings (SSSR count). The molecule has 0 unspecified atom stereocenters. The monoisotopic (exact) mass is 442 g/mol. The number of fused-ring (bicyclic) bond motifs is 1. The lowest BCUT2D eigenvalue weighted by Crippen LogP contribution is -2.34. The highest BCUT2D eigenvalue weighted by Crippen LogP contribution is 2.37. The maximum absolute atomic E-state index is 9.73. The van der Waals surface area contributed by atoms with Crippen molar-refractivity contribution in [1.29, 1.82) is 0 Å². The molecular formula is C26H26N4OS. The van der Waals surface area contributed by atoms with E-state index in [9.17, 15) is 5.11 Å². The minimum Gasteiger partial charge on any atom is -0.508 e.